The van der Waals surface area contributed by atoms with E-state index in [2.05, 4.69) is 20.4 Å². The Labute approximate surface area is 160 Å². The molecule has 0 radical (unpaired) electrons. The molecule has 8 heteroatoms. The standard InChI is InChI=1S/C20H19N5O3/c26-18(21-14-6-7-16-17(12-14)23-20(28)22-16)8-9-19(27)25-11-10-15(24-25)13-4-2-1-3-5-13/h1-7,12H,8-11H2,(H,21,26)(H2,22,23,28). The summed E-state index contributed by atoms with van der Waals surface area (Å²) in [5.74, 6) is -0.441. The molecule has 28 heavy (non-hydrogen) atoms. The Morgan fingerprint density at radius 1 is 1.04 bits per heavy atom. The summed E-state index contributed by atoms with van der Waals surface area (Å²) in [7, 11) is 0. The lowest BCUT2D eigenvalue weighted by Gasteiger charge is -2.11. The van der Waals surface area contributed by atoms with Gasteiger partial charge in [0.1, 0.15) is 0 Å². The van der Waals surface area contributed by atoms with Crippen molar-refractivity contribution >= 4 is 34.2 Å². The third kappa shape index (κ3) is 3.85. The fourth-order valence-electron chi connectivity index (χ4n) is 3.15. The van der Waals surface area contributed by atoms with Gasteiger partial charge < -0.3 is 15.3 Å². The summed E-state index contributed by atoms with van der Waals surface area (Å²) in [5, 5.41) is 8.57. The van der Waals surface area contributed by atoms with Crippen LogP contribution in [0.2, 0.25) is 0 Å². The number of anilines is 1. The number of carbonyl (C=O) groups is 2. The Kier molecular flexibility index (Phi) is 4.76. The van der Waals surface area contributed by atoms with Gasteiger partial charge >= 0.3 is 5.69 Å². The highest BCUT2D eigenvalue weighted by atomic mass is 16.2. The van der Waals surface area contributed by atoms with E-state index in [0.717, 1.165) is 11.3 Å². The van der Waals surface area contributed by atoms with Crippen LogP contribution >= 0.6 is 0 Å². The highest BCUT2D eigenvalue weighted by Gasteiger charge is 2.21. The van der Waals surface area contributed by atoms with Crippen molar-refractivity contribution in [1.82, 2.24) is 15.0 Å². The number of nitrogens with one attached hydrogen (secondary N) is 3. The van der Waals surface area contributed by atoms with E-state index >= 15 is 0 Å². The van der Waals surface area contributed by atoms with E-state index in [9.17, 15) is 14.4 Å². The minimum absolute atomic E-state index is 0.0627. The van der Waals surface area contributed by atoms with Crippen LogP contribution in [-0.4, -0.2) is 39.0 Å². The zero-order valence-corrected chi connectivity index (χ0v) is 15.1. The van der Waals surface area contributed by atoms with E-state index in [1.165, 1.54) is 5.01 Å². The van der Waals surface area contributed by atoms with E-state index in [0.29, 0.717) is 29.7 Å². The molecule has 4 rings (SSSR count). The molecule has 2 aromatic carbocycles. The molecule has 0 atom stereocenters. The number of H-pyrrole nitrogens is 2. The molecule has 1 aromatic heterocycles. The predicted octanol–water partition coefficient (Wildman–Crippen LogP) is 2.21. The molecule has 0 saturated heterocycles. The van der Waals surface area contributed by atoms with E-state index in [1.807, 2.05) is 30.3 Å². The number of hydrazone groups is 1. The van der Waals surface area contributed by atoms with Crippen LogP contribution in [0.3, 0.4) is 0 Å². The van der Waals surface area contributed by atoms with Crippen LogP contribution < -0.4 is 11.0 Å². The van der Waals surface area contributed by atoms with Crippen LogP contribution in [0.25, 0.3) is 11.0 Å². The number of amides is 2. The van der Waals surface area contributed by atoms with Gasteiger partial charge in [0.05, 0.1) is 23.3 Å². The average molecular weight is 377 g/mol. The Morgan fingerprint density at radius 3 is 2.64 bits per heavy atom. The zero-order chi connectivity index (χ0) is 19.5. The summed E-state index contributed by atoms with van der Waals surface area (Å²) >= 11 is 0. The van der Waals surface area contributed by atoms with Gasteiger partial charge in [0, 0.05) is 24.9 Å². The second-order valence-electron chi connectivity index (χ2n) is 6.57. The summed E-state index contributed by atoms with van der Waals surface area (Å²) < 4.78 is 0. The van der Waals surface area contributed by atoms with Crippen molar-refractivity contribution in [3.05, 3.63) is 64.6 Å². The molecule has 0 saturated carbocycles. The monoisotopic (exact) mass is 377 g/mol. The third-order valence-corrected chi connectivity index (χ3v) is 4.56. The lowest BCUT2D eigenvalue weighted by atomic mass is 10.1. The lowest BCUT2D eigenvalue weighted by molar-refractivity contribution is -0.132. The molecule has 2 heterocycles. The predicted molar refractivity (Wildman–Crippen MR) is 106 cm³/mol. The molecule has 3 N–H and O–H groups in total. The minimum Gasteiger partial charge on any atom is -0.326 e. The quantitative estimate of drug-likeness (QED) is 0.634. The number of hydrogen-bond donors (Lipinski definition) is 3. The van der Waals surface area contributed by atoms with Crippen molar-refractivity contribution < 1.29 is 9.59 Å². The summed E-state index contributed by atoms with van der Waals surface area (Å²) in [6, 6.07) is 14.8. The first-order chi connectivity index (χ1) is 13.6. The normalized spacial score (nSPS) is 13.6. The average Bonchev–Trinajstić information content (AvgIpc) is 3.32. The van der Waals surface area contributed by atoms with Crippen molar-refractivity contribution in [2.24, 2.45) is 5.10 Å². The molecule has 1 aliphatic rings. The largest absolute Gasteiger partial charge is 0.326 e. The Bertz CT molecular complexity index is 1110. The molecule has 0 fully saturated rings. The van der Waals surface area contributed by atoms with Crippen LogP contribution in [0.4, 0.5) is 5.69 Å². The minimum atomic E-state index is -0.301. The van der Waals surface area contributed by atoms with Crippen LogP contribution in [-0.2, 0) is 9.59 Å². The van der Waals surface area contributed by atoms with Crippen LogP contribution in [0, 0.1) is 0 Å². The van der Waals surface area contributed by atoms with E-state index in [4.69, 9.17) is 0 Å². The topological polar surface area (TPSA) is 110 Å². The summed E-state index contributed by atoms with van der Waals surface area (Å²) in [6.07, 6.45) is 0.852. The number of hydrogen-bond acceptors (Lipinski definition) is 4. The molecular formula is C20H19N5O3. The van der Waals surface area contributed by atoms with Gasteiger partial charge in [-0.2, -0.15) is 5.10 Å². The first-order valence-electron chi connectivity index (χ1n) is 9.04. The number of imidazole rings is 1. The van der Waals surface area contributed by atoms with Gasteiger partial charge in [-0.3, -0.25) is 9.59 Å². The highest BCUT2D eigenvalue weighted by Crippen LogP contribution is 2.17. The number of aromatic nitrogens is 2. The van der Waals surface area contributed by atoms with Gasteiger partial charge in [-0.25, -0.2) is 9.80 Å². The second kappa shape index (κ2) is 7.51. The number of benzene rings is 2. The van der Waals surface area contributed by atoms with Crippen molar-refractivity contribution in [2.45, 2.75) is 19.3 Å². The van der Waals surface area contributed by atoms with Gasteiger partial charge in [0.2, 0.25) is 11.8 Å². The third-order valence-electron chi connectivity index (χ3n) is 4.56. The van der Waals surface area contributed by atoms with Gasteiger partial charge in [-0.1, -0.05) is 30.3 Å². The Hall–Kier alpha value is -3.68. The maximum atomic E-state index is 12.4. The number of rotatable bonds is 5. The summed E-state index contributed by atoms with van der Waals surface area (Å²) in [4.78, 5) is 41.1. The van der Waals surface area contributed by atoms with Gasteiger partial charge in [0.15, 0.2) is 0 Å². The molecule has 2 amide bonds. The van der Waals surface area contributed by atoms with Gasteiger partial charge in [-0.05, 0) is 23.8 Å². The molecule has 0 spiro atoms. The number of aromatic amines is 2. The fourth-order valence-corrected chi connectivity index (χ4v) is 3.15. The maximum absolute atomic E-state index is 12.4. The van der Waals surface area contributed by atoms with E-state index < -0.39 is 0 Å². The highest BCUT2D eigenvalue weighted by molar-refractivity contribution is 6.03. The number of fused-ring (bicyclic) bond motifs is 1. The van der Waals surface area contributed by atoms with Gasteiger partial charge in [-0.15, -0.1) is 0 Å². The van der Waals surface area contributed by atoms with Crippen LogP contribution in [0.1, 0.15) is 24.8 Å². The van der Waals surface area contributed by atoms with Crippen molar-refractivity contribution in [3.8, 4) is 0 Å². The molecular weight excluding hydrogens is 358 g/mol. The maximum Gasteiger partial charge on any atom is 0.323 e. The summed E-state index contributed by atoms with van der Waals surface area (Å²) in [5.41, 5.74) is 3.43. The molecule has 1 aliphatic heterocycles. The Morgan fingerprint density at radius 2 is 1.82 bits per heavy atom. The zero-order valence-electron chi connectivity index (χ0n) is 15.1. The summed E-state index contributed by atoms with van der Waals surface area (Å²) in [6.45, 7) is 0.530. The van der Waals surface area contributed by atoms with Crippen LogP contribution in [0.5, 0.6) is 0 Å². The molecule has 0 unspecified atom stereocenters. The SMILES string of the molecule is O=C(CCC(=O)N1CCC(c2ccccc2)=N1)Nc1ccc2[nH]c(=O)[nH]c2c1. The van der Waals surface area contributed by atoms with Crippen molar-refractivity contribution in [1.29, 1.82) is 0 Å². The molecule has 0 bridgehead atoms. The van der Waals surface area contributed by atoms with Crippen molar-refractivity contribution in [3.63, 3.8) is 0 Å². The molecule has 0 aliphatic carbocycles. The fraction of sp³-hybridized carbons (Fsp3) is 0.200. The molecule has 8 nitrogen and oxygen atoms in total. The smallest absolute Gasteiger partial charge is 0.323 e. The lowest BCUT2D eigenvalue weighted by Crippen LogP contribution is -2.24. The first kappa shape index (κ1) is 17.7. The molecule has 142 valence electrons. The Balaban J connectivity index is 1.32. The first-order valence-corrected chi connectivity index (χ1v) is 9.04. The second-order valence-corrected chi connectivity index (χ2v) is 6.57. The molecule has 3 aromatic rings. The number of carbonyl (C=O) groups excluding carboxylic acids is 2. The van der Waals surface area contributed by atoms with Gasteiger partial charge in [0.25, 0.3) is 0 Å². The van der Waals surface area contributed by atoms with Crippen molar-refractivity contribution in [2.75, 3.05) is 11.9 Å². The van der Waals surface area contributed by atoms with E-state index in [1.54, 1.807) is 18.2 Å². The van der Waals surface area contributed by atoms with Crippen LogP contribution in [0.15, 0.2) is 58.4 Å². The van der Waals surface area contributed by atoms with E-state index in [-0.39, 0.29) is 30.3 Å². The number of nitrogens with zero attached hydrogens (tertiary/aromatic N) is 2.